The lowest BCUT2D eigenvalue weighted by molar-refractivity contribution is 0.426. The Bertz CT molecular complexity index is 957. The van der Waals surface area contributed by atoms with Gasteiger partial charge in [0.05, 0.1) is 0 Å². The lowest BCUT2D eigenvalue weighted by Gasteiger charge is -2.10. The largest absolute Gasteiger partial charge is 0.436 e. The standard InChI is InChI=1S/C19H15FN4O/c1-12-8-13-5-6-15(19(20)14(13)9-12)25-18-10-17(22-11-23-18)24-16-4-2-3-7-21-16/h2-7,9-11H,8H2,1H3,(H,21,22,23,24). The molecule has 1 aromatic carbocycles. The van der Waals surface area contributed by atoms with Gasteiger partial charge < -0.3 is 10.1 Å². The summed E-state index contributed by atoms with van der Waals surface area (Å²) >= 11 is 0. The zero-order valence-electron chi connectivity index (χ0n) is 13.5. The fourth-order valence-corrected chi connectivity index (χ4v) is 2.74. The third kappa shape index (κ3) is 3.19. The van der Waals surface area contributed by atoms with Gasteiger partial charge in [0.1, 0.15) is 18.0 Å². The van der Waals surface area contributed by atoms with Gasteiger partial charge in [-0.2, -0.15) is 0 Å². The van der Waals surface area contributed by atoms with Gasteiger partial charge in [-0.15, -0.1) is 0 Å². The number of nitrogens with one attached hydrogen (secondary N) is 1. The molecule has 2 aromatic heterocycles. The average molecular weight is 334 g/mol. The molecule has 0 bridgehead atoms. The zero-order valence-corrected chi connectivity index (χ0v) is 13.5. The lowest BCUT2D eigenvalue weighted by Crippen LogP contribution is -1.99. The van der Waals surface area contributed by atoms with Gasteiger partial charge in [-0.25, -0.2) is 19.3 Å². The van der Waals surface area contributed by atoms with E-state index in [2.05, 4.69) is 20.3 Å². The van der Waals surface area contributed by atoms with Crippen molar-refractivity contribution in [2.75, 3.05) is 5.32 Å². The Kier molecular flexibility index (Phi) is 3.85. The van der Waals surface area contributed by atoms with Crippen LogP contribution in [0.1, 0.15) is 18.1 Å². The van der Waals surface area contributed by atoms with Crippen molar-refractivity contribution in [3.05, 3.63) is 71.4 Å². The first-order chi connectivity index (χ1) is 12.2. The molecule has 25 heavy (non-hydrogen) atoms. The van der Waals surface area contributed by atoms with Gasteiger partial charge in [0.15, 0.2) is 11.6 Å². The van der Waals surface area contributed by atoms with Gasteiger partial charge in [-0.3, -0.25) is 0 Å². The van der Waals surface area contributed by atoms with Crippen molar-refractivity contribution in [3.8, 4) is 11.6 Å². The summed E-state index contributed by atoms with van der Waals surface area (Å²) in [5, 5.41) is 3.05. The van der Waals surface area contributed by atoms with E-state index >= 15 is 0 Å². The van der Waals surface area contributed by atoms with Crippen molar-refractivity contribution in [2.24, 2.45) is 0 Å². The predicted octanol–water partition coefficient (Wildman–Crippen LogP) is 4.51. The second kappa shape index (κ2) is 6.32. The average Bonchev–Trinajstić information content (AvgIpc) is 3.00. The Balaban J connectivity index is 1.58. The van der Waals surface area contributed by atoms with Crippen molar-refractivity contribution in [1.29, 1.82) is 0 Å². The first-order valence-electron chi connectivity index (χ1n) is 7.85. The molecule has 0 unspecified atom stereocenters. The maximum absolute atomic E-state index is 14.6. The van der Waals surface area contributed by atoms with Crippen LogP contribution in [0.4, 0.5) is 16.0 Å². The minimum atomic E-state index is -0.368. The highest BCUT2D eigenvalue weighted by Gasteiger charge is 2.18. The van der Waals surface area contributed by atoms with Crippen LogP contribution in [0.3, 0.4) is 0 Å². The third-order valence-corrected chi connectivity index (χ3v) is 3.87. The zero-order chi connectivity index (χ0) is 17.2. The fraction of sp³-hybridized carbons (Fsp3) is 0.105. The number of anilines is 2. The number of allylic oxidation sites excluding steroid dienone is 1. The van der Waals surface area contributed by atoms with Gasteiger partial charge in [0.2, 0.25) is 5.88 Å². The van der Waals surface area contributed by atoms with Crippen molar-refractivity contribution in [2.45, 2.75) is 13.3 Å². The maximum atomic E-state index is 14.6. The predicted molar refractivity (Wildman–Crippen MR) is 93.4 cm³/mol. The highest BCUT2D eigenvalue weighted by molar-refractivity contribution is 5.65. The first kappa shape index (κ1) is 15.3. The van der Waals surface area contributed by atoms with E-state index in [1.54, 1.807) is 18.3 Å². The summed E-state index contributed by atoms with van der Waals surface area (Å²) in [6.45, 7) is 1.99. The first-order valence-corrected chi connectivity index (χ1v) is 7.85. The lowest BCUT2D eigenvalue weighted by atomic mass is 10.1. The van der Waals surface area contributed by atoms with Crippen LogP contribution in [0.25, 0.3) is 6.08 Å². The second-order valence-electron chi connectivity index (χ2n) is 5.80. The molecule has 0 atom stereocenters. The molecule has 5 nitrogen and oxygen atoms in total. The molecule has 4 rings (SSSR count). The van der Waals surface area contributed by atoms with Crippen LogP contribution in [0, 0.1) is 5.82 Å². The molecular formula is C19H15FN4O. The van der Waals surface area contributed by atoms with E-state index in [0.29, 0.717) is 17.2 Å². The molecule has 6 heteroatoms. The number of nitrogens with zero attached hydrogens (tertiary/aromatic N) is 3. The van der Waals surface area contributed by atoms with Crippen LogP contribution in [0.2, 0.25) is 0 Å². The van der Waals surface area contributed by atoms with Crippen LogP contribution < -0.4 is 10.1 Å². The molecule has 0 radical (unpaired) electrons. The molecule has 3 aromatic rings. The van der Waals surface area contributed by atoms with E-state index in [0.717, 1.165) is 17.6 Å². The molecular weight excluding hydrogens is 319 g/mol. The van der Waals surface area contributed by atoms with Crippen molar-refractivity contribution in [1.82, 2.24) is 15.0 Å². The molecule has 1 N–H and O–H groups in total. The Hall–Kier alpha value is -3.28. The number of hydrogen-bond acceptors (Lipinski definition) is 5. The Morgan fingerprint density at radius 3 is 2.84 bits per heavy atom. The summed E-state index contributed by atoms with van der Waals surface area (Å²) in [5.41, 5.74) is 2.70. The molecule has 2 heterocycles. The molecule has 0 saturated carbocycles. The van der Waals surface area contributed by atoms with E-state index in [1.807, 2.05) is 37.3 Å². The molecule has 1 aliphatic rings. The van der Waals surface area contributed by atoms with E-state index in [4.69, 9.17) is 4.74 Å². The molecule has 0 spiro atoms. The number of ether oxygens (including phenoxy) is 1. The van der Waals surface area contributed by atoms with Crippen LogP contribution in [0.15, 0.2) is 54.5 Å². The molecule has 1 aliphatic carbocycles. The number of halogens is 1. The molecule has 0 fully saturated rings. The van der Waals surface area contributed by atoms with Gasteiger partial charge in [-0.1, -0.05) is 23.8 Å². The highest BCUT2D eigenvalue weighted by atomic mass is 19.1. The number of hydrogen-bond donors (Lipinski definition) is 1. The number of benzene rings is 1. The fourth-order valence-electron chi connectivity index (χ4n) is 2.74. The van der Waals surface area contributed by atoms with Crippen LogP contribution >= 0.6 is 0 Å². The summed E-state index contributed by atoms with van der Waals surface area (Å²) < 4.78 is 20.3. The normalized spacial score (nSPS) is 12.5. The van der Waals surface area contributed by atoms with Crippen LogP contribution in [-0.2, 0) is 6.42 Å². The van der Waals surface area contributed by atoms with Crippen LogP contribution in [0.5, 0.6) is 11.6 Å². The minimum Gasteiger partial charge on any atom is -0.436 e. The van der Waals surface area contributed by atoms with Gasteiger partial charge in [0.25, 0.3) is 0 Å². The van der Waals surface area contributed by atoms with Crippen molar-refractivity contribution >= 4 is 17.7 Å². The van der Waals surface area contributed by atoms with Gasteiger partial charge >= 0.3 is 0 Å². The number of rotatable bonds is 4. The SMILES string of the molecule is CC1=Cc2c(ccc(Oc3cc(Nc4ccccn4)ncn3)c2F)C1. The summed E-state index contributed by atoms with van der Waals surface area (Å²) in [7, 11) is 0. The van der Waals surface area contributed by atoms with Crippen LogP contribution in [-0.4, -0.2) is 15.0 Å². The monoisotopic (exact) mass is 334 g/mol. The summed E-state index contributed by atoms with van der Waals surface area (Å²) in [6, 6.07) is 10.6. The molecule has 124 valence electrons. The summed E-state index contributed by atoms with van der Waals surface area (Å²) in [5.74, 6) is 1.20. The Morgan fingerprint density at radius 1 is 1.08 bits per heavy atom. The van der Waals surface area contributed by atoms with Crippen molar-refractivity contribution in [3.63, 3.8) is 0 Å². The number of aromatic nitrogens is 3. The summed E-state index contributed by atoms with van der Waals surface area (Å²) in [6.07, 6.45) is 5.66. The van der Waals surface area contributed by atoms with Gasteiger partial charge in [-0.05, 0) is 37.1 Å². The van der Waals surface area contributed by atoms with E-state index in [1.165, 1.54) is 6.33 Å². The quantitative estimate of drug-likeness (QED) is 0.761. The van der Waals surface area contributed by atoms with Gasteiger partial charge in [0, 0.05) is 17.8 Å². The summed E-state index contributed by atoms with van der Waals surface area (Å²) in [4.78, 5) is 12.3. The topological polar surface area (TPSA) is 59.9 Å². The number of fused-ring (bicyclic) bond motifs is 1. The Morgan fingerprint density at radius 2 is 2.00 bits per heavy atom. The minimum absolute atomic E-state index is 0.146. The molecule has 0 aliphatic heterocycles. The smallest absolute Gasteiger partial charge is 0.224 e. The van der Waals surface area contributed by atoms with Crippen molar-refractivity contribution < 1.29 is 9.13 Å². The van der Waals surface area contributed by atoms with E-state index < -0.39 is 0 Å². The second-order valence-corrected chi connectivity index (χ2v) is 5.80. The highest BCUT2D eigenvalue weighted by Crippen LogP contribution is 2.34. The number of pyridine rings is 1. The third-order valence-electron chi connectivity index (χ3n) is 3.87. The van der Waals surface area contributed by atoms with E-state index in [-0.39, 0.29) is 17.4 Å². The van der Waals surface area contributed by atoms with E-state index in [9.17, 15) is 4.39 Å². The maximum Gasteiger partial charge on any atom is 0.224 e. The molecule has 0 saturated heterocycles. The Labute approximate surface area is 144 Å². The molecule has 0 amide bonds.